The summed E-state index contributed by atoms with van der Waals surface area (Å²) >= 11 is 0. The van der Waals surface area contributed by atoms with Gasteiger partial charge in [-0.25, -0.2) is 0 Å². The van der Waals surface area contributed by atoms with Gasteiger partial charge in [-0.3, -0.25) is 0 Å². The van der Waals surface area contributed by atoms with Gasteiger partial charge in [-0.1, -0.05) is 191 Å². The van der Waals surface area contributed by atoms with Crippen LogP contribution in [0.1, 0.15) is 74.1 Å². The molecule has 5 aromatic carbocycles. The Morgan fingerprint density at radius 1 is 0.422 bits per heavy atom. The molecule has 0 aromatic heterocycles. The van der Waals surface area contributed by atoms with Gasteiger partial charge in [-0.15, -0.1) is 11.5 Å². The summed E-state index contributed by atoms with van der Waals surface area (Å²) in [5.74, 6) is 3.84. The number of allylic oxidation sites excluding steroid dienone is 2. The molecule has 0 fully saturated rings. The molecule has 0 saturated heterocycles. The van der Waals surface area contributed by atoms with E-state index in [0.29, 0.717) is 0 Å². The van der Waals surface area contributed by atoms with Crippen LogP contribution in [0.5, 0.6) is 0 Å². The van der Waals surface area contributed by atoms with E-state index in [-0.39, 0.29) is 0 Å². The lowest BCUT2D eigenvalue weighted by atomic mass is 9.89. The zero-order valence-corrected chi connectivity index (χ0v) is 27.4. The van der Waals surface area contributed by atoms with Crippen LogP contribution in [0.4, 0.5) is 0 Å². The van der Waals surface area contributed by atoms with E-state index in [1.54, 1.807) is 0 Å². The van der Waals surface area contributed by atoms with Gasteiger partial charge in [0.05, 0.1) is 0 Å². The van der Waals surface area contributed by atoms with E-state index in [4.69, 9.17) is 0 Å². The molecule has 45 heavy (non-hydrogen) atoms. The molecule has 0 nitrogen and oxygen atoms in total. The van der Waals surface area contributed by atoms with Gasteiger partial charge in [0.1, 0.15) is 0 Å². The highest BCUT2D eigenvalue weighted by atomic mass is 28.3. The van der Waals surface area contributed by atoms with Crippen molar-refractivity contribution < 1.29 is 0 Å². The molecule has 1 aliphatic rings. The number of hydrogen-bond donors (Lipinski definition) is 0. The second kappa shape index (κ2) is 14.9. The molecule has 0 aliphatic carbocycles. The van der Waals surface area contributed by atoms with Crippen LogP contribution in [0.3, 0.4) is 0 Å². The quantitative estimate of drug-likeness (QED) is 0.0806. The maximum atomic E-state index is 4.18. The SMILES string of the molecule is CCCCCCCCC#C[Si]1(c2ccccc2)C(c2ccccc2)=C(c2ccccc2)C(c2ccccc2)=C1c1ccccc1. The van der Waals surface area contributed by atoms with E-state index in [0.717, 1.165) is 12.8 Å². The largest absolute Gasteiger partial charge is 0.232 e. The number of unbranched alkanes of at least 4 members (excludes halogenated alkanes) is 6. The number of hydrogen-bond acceptors (Lipinski definition) is 0. The Morgan fingerprint density at radius 3 is 1.24 bits per heavy atom. The van der Waals surface area contributed by atoms with Gasteiger partial charge in [0.15, 0.2) is 0 Å². The van der Waals surface area contributed by atoms with E-state index in [2.05, 4.69) is 170 Å². The van der Waals surface area contributed by atoms with Crippen LogP contribution in [0.25, 0.3) is 21.5 Å². The zero-order chi connectivity index (χ0) is 30.7. The minimum atomic E-state index is -2.92. The Bertz CT molecular complexity index is 1690. The van der Waals surface area contributed by atoms with Crippen molar-refractivity contribution in [2.45, 2.75) is 51.9 Å². The summed E-state index contributed by atoms with van der Waals surface area (Å²) in [5.41, 5.74) is 11.8. The molecule has 6 rings (SSSR count). The van der Waals surface area contributed by atoms with E-state index in [1.165, 1.54) is 81.1 Å². The van der Waals surface area contributed by atoms with Crippen molar-refractivity contribution in [2.75, 3.05) is 0 Å². The minimum absolute atomic E-state index is 0.930. The number of rotatable bonds is 11. The van der Waals surface area contributed by atoms with Crippen molar-refractivity contribution in [3.05, 3.63) is 174 Å². The average Bonchev–Trinajstić information content (AvgIpc) is 3.43. The van der Waals surface area contributed by atoms with Crippen molar-refractivity contribution in [1.82, 2.24) is 0 Å². The molecule has 0 N–H and O–H groups in total. The Kier molecular flexibility index (Phi) is 10.1. The van der Waals surface area contributed by atoms with Crippen LogP contribution in [0.2, 0.25) is 0 Å². The predicted octanol–water partition coefficient (Wildman–Crippen LogP) is 10.9. The second-order valence-electron chi connectivity index (χ2n) is 11.9. The molecule has 1 heterocycles. The highest BCUT2D eigenvalue weighted by molar-refractivity contribution is 7.26. The van der Waals surface area contributed by atoms with Gasteiger partial charge in [-0.2, -0.15) is 0 Å². The molecule has 222 valence electrons. The lowest BCUT2D eigenvalue weighted by molar-refractivity contribution is 0.614. The van der Waals surface area contributed by atoms with E-state index in [9.17, 15) is 0 Å². The maximum Gasteiger partial charge on any atom is 0.232 e. The van der Waals surface area contributed by atoms with Gasteiger partial charge in [0, 0.05) is 6.42 Å². The first kappa shape index (κ1) is 30.4. The third kappa shape index (κ3) is 6.44. The summed E-state index contributed by atoms with van der Waals surface area (Å²) in [7, 11) is -2.92. The minimum Gasteiger partial charge on any atom is -0.114 e. The van der Waals surface area contributed by atoms with Gasteiger partial charge in [0.25, 0.3) is 0 Å². The Labute approximate surface area is 271 Å². The van der Waals surface area contributed by atoms with Crippen LogP contribution in [-0.2, 0) is 0 Å². The first-order valence-corrected chi connectivity index (χ1v) is 18.6. The van der Waals surface area contributed by atoms with Crippen molar-refractivity contribution in [3.8, 4) is 11.5 Å². The van der Waals surface area contributed by atoms with E-state index < -0.39 is 8.07 Å². The fourth-order valence-electron chi connectivity index (χ4n) is 6.83. The molecule has 5 aromatic rings. The molecule has 0 atom stereocenters. The summed E-state index contributed by atoms with van der Waals surface area (Å²) in [6.07, 6.45) is 8.58. The number of benzene rings is 5. The fraction of sp³-hybridized carbons (Fsp3) is 0.182. The Hall–Kier alpha value is -4.64. The first-order chi connectivity index (χ1) is 22.3. The van der Waals surface area contributed by atoms with E-state index in [1.807, 2.05) is 0 Å². The Morgan fingerprint density at radius 2 is 0.800 bits per heavy atom. The van der Waals surface area contributed by atoms with E-state index >= 15 is 0 Å². The van der Waals surface area contributed by atoms with Crippen LogP contribution in [0.15, 0.2) is 152 Å². The lowest BCUT2D eigenvalue weighted by Crippen LogP contribution is -2.49. The smallest absolute Gasteiger partial charge is 0.114 e. The van der Waals surface area contributed by atoms with Crippen LogP contribution >= 0.6 is 0 Å². The molecule has 0 spiro atoms. The normalized spacial score (nSPS) is 13.9. The second-order valence-corrected chi connectivity index (χ2v) is 15.2. The van der Waals surface area contributed by atoms with Crippen LogP contribution in [0, 0.1) is 11.5 Å². The van der Waals surface area contributed by atoms with Crippen molar-refractivity contribution in [3.63, 3.8) is 0 Å². The standard InChI is InChI=1S/C44H42Si/c1-2-3-4-5-6-7-8-24-35-45(40-33-22-13-23-34-40)43(38-29-18-11-19-30-38)41(36-25-14-9-15-26-36)42(37-27-16-10-17-28-37)44(45)39-31-20-12-21-32-39/h9-23,25-34H,2-8H2,1H3. The summed E-state index contributed by atoms with van der Waals surface area (Å²) in [4.78, 5) is 0. The molecule has 0 radical (unpaired) electrons. The van der Waals surface area contributed by atoms with Crippen molar-refractivity contribution >= 4 is 34.8 Å². The Balaban J connectivity index is 1.70. The molecular weight excluding hydrogens is 557 g/mol. The monoisotopic (exact) mass is 598 g/mol. The van der Waals surface area contributed by atoms with Gasteiger partial charge in [0.2, 0.25) is 8.07 Å². The molecule has 0 amide bonds. The fourth-order valence-corrected chi connectivity index (χ4v) is 11.6. The predicted molar refractivity (Wildman–Crippen MR) is 197 cm³/mol. The maximum absolute atomic E-state index is 4.18. The molecule has 1 heteroatoms. The summed E-state index contributed by atoms with van der Waals surface area (Å²) in [5, 5.41) is 4.14. The topological polar surface area (TPSA) is 0 Å². The molecule has 0 bridgehead atoms. The summed E-state index contributed by atoms with van der Waals surface area (Å²) < 4.78 is 0. The lowest BCUT2D eigenvalue weighted by Gasteiger charge is -2.30. The zero-order valence-electron chi connectivity index (χ0n) is 26.4. The van der Waals surface area contributed by atoms with Gasteiger partial charge >= 0.3 is 0 Å². The highest BCUT2D eigenvalue weighted by Gasteiger charge is 2.51. The molecule has 0 saturated carbocycles. The third-order valence-electron chi connectivity index (χ3n) is 8.89. The van der Waals surface area contributed by atoms with Crippen LogP contribution in [-0.4, -0.2) is 8.07 Å². The summed E-state index contributed by atoms with van der Waals surface area (Å²) in [6, 6.07) is 55.4. The first-order valence-electron chi connectivity index (χ1n) is 16.6. The molecule has 0 unspecified atom stereocenters. The summed E-state index contributed by atoms with van der Waals surface area (Å²) in [6.45, 7) is 2.28. The highest BCUT2D eigenvalue weighted by Crippen LogP contribution is 2.55. The molecular formula is C44H42Si. The van der Waals surface area contributed by atoms with Crippen molar-refractivity contribution in [2.24, 2.45) is 0 Å². The van der Waals surface area contributed by atoms with Gasteiger partial charge < -0.3 is 0 Å². The van der Waals surface area contributed by atoms with Crippen molar-refractivity contribution in [1.29, 1.82) is 0 Å². The average molecular weight is 599 g/mol. The van der Waals surface area contributed by atoms with Gasteiger partial charge in [-0.05, 0) is 55.4 Å². The third-order valence-corrected chi connectivity index (χ3v) is 13.2. The van der Waals surface area contributed by atoms with Crippen LogP contribution < -0.4 is 5.19 Å². The molecule has 1 aliphatic heterocycles.